The van der Waals surface area contributed by atoms with Gasteiger partial charge in [-0.15, -0.1) is 0 Å². The van der Waals surface area contributed by atoms with E-state index in [-0.39, 0.29) is 48.6 Å². The number of rotatable bonds is 14. The molecule has 0 unspecified atom stereocenters. The molecule has 258 valence electrons. The fraction of sp³-hybridized carbons (Fsp3) is 0.595. The minimum Gasteiger partial charge on any atom is -0.459 e. The number of aliphatic hydroxyl groups is 1. The number of benzene rings is 2. The van der Waals surface area contributed by atoms with Gasteiger partial charge in [0, 0.05) is 44.5 Å². The van der Waals surface area contributed by atoms with Crippen LogP contribution in [0.4, 0.5) is 0 Å². The van der Waals surface area contributed by atoms with E-state index in [1.165, 1.54) is 6.92 Å². The molecule has 0 spiro atoms. The number of hydrogen-bond acceptors (Lipinski definition) is 8. The summed E-state index contributed by atoms with van der Waals surface area (Å²) in [6, 6.07) is 15.4. The summed E-state index contributed by atoms with van der Waals surface area (Å²) >= 11 is 0. The fourth-order valence-electron chi connectivity index (χ4n) is 6.17. The molecule has 10 nitrogen and oxygen atoms in total. The molecular weight excluding hydrogens is 598 g/mol. The molecule has 2 amide bonds. The van der Waals surface area contributed by atoms with Gasteiger partial charge >= 0.3 is 5.97 Å². The zero-order valence-corrected chi connectivity index (χ0v) is 28.6. The Kier molecular flexibility index (Phi) is 13.4. The van der Waals surface area contributed by atoms with Crippen molar-refractivity contribution in [2.24, 2.45) is 5.92 Å². The Morgan fingerprint density at radius 3 is 2.28 bits per heavy atom. The van der Waals surface area contributed by atoms with E-state index in [4.69, 9.17) is 14.2 Å². The van der Waals surface area contributed by atoms with E-state index in [0.29, 0.717) is 26.1 Å². The second kappa shape index (κ2) is 17.2. The molecule has 0 bridgehead atoms. The van der Waals surface area contributed by atoms with Crippen molar-refractivity contribution in [3.05, 3.63) is 70.8 Å². The standard InChI is InChI=1S/C37H53N3O7/c1-25-32(23-40-21-9-10-31(40)35(44)47-37(3,4)5)45-36(46-34(25)29-16-14-28(24-41)15-17-29)30-18-12-27(13-19-30)22-39-33(43)11-7-6-8-20-38-26(2)42/h12-19,25,31-32,34,36,41H,6-11,20-24H2,1-5H3,(H,38,42)(H,39,43)/t25-,31-,32+,34+,36+/m0/s1. The summed E-state index contributed by atoms with van der Waals surface area (Å²) in [7, 11) is 0. The second-order valence-corrected chi connectivity index (χ2v) is 13.8. The van der Waals surface area contributed by atoms with Crippen molar-refractivity contribution in [1.29, 1.82) is 0 Å². The number of carbonyl (C=O) groups excluding carboxylic acids is 3. The summed E-state index contributed by atoms with van der Waals surface area (Å²) in [6.07, 6.45) is 3.57. The lowest BCUT2D eigenvalue weighted by molar-refractivity contribution is -0.276. The van der Waals surface area contributed by atoms with Crippen LogP contribution in [-0.4, -0.2) is 65.2 Å². The summed E-state index contributed by atoms with van der Waals surface area (Å²) in [5.41, 5.74) is 3.14. The Morgan fingerprint density at radius 1 is 0.936 bits per heavy atom. The van der Waals surface area contributed by atoms with E-state index in [1.54, 1.807) is 0 Å². The first-order chi connectivity index (χ1) is 22.4. The lowest BCUT2D eigenvalue weighted by Gasteiger charge is -2.43. The molecule has 2 aliphatic rings. The minimum atomic E-state index is -0.623. The van der Waals surface area contributed by atoms with Crippen LogP contribution in [0.3, 0.4) is 0 Å². The van der Waals surface area contributed by atoms with Crippen LogP contribution in [0.25, 0.3) is 0 Å². The number of amides is 2. The number of unbranched alkanes of at least 4 members (excludes halogenated alkanes) is 2. The molecule has 2 aliphatic heterocycles. The van der Waals surface area contributed by atoms with Crippen molar-refractivity contribution in [2.45, 2.75) is 116 Å². The maximum Gasteiger partial charge on any atom is 0.323 e. The largest absolute Gasteiger partial charge is 0.459 e. The van der Waals surface area contributed by atoms with E-state index in [0.717, 1.165) is 60.9 Å². The Morgan fingerprint density at radius 2 is 1.62 bits per heavy atom. The predicted octanol–water partition coefficient (Wildman–Crippen LogP) is 5.09. The number of nitrogens with zero attached hydrogens (tertiary/aromatic N) is 1. The van der Waals surface area contributed by atoms with E-state index in [9.17, 15) is 19.5 Å². The molecular formula is C37H53N3O7. The molecule has 2 heterocycles. The molecule has 10 heteroatoms. The Bertz CT molecular complexity index is 1310. The summed E-state index contributed by atoms with van der Waals surface area (Å²) in [5.74, 6) is -0.224. The van der Waals surface area contributed by atoms with Crippen LogP contribution >= 0.6 is 0 Å². The highest BCUT2D eigenvalue weighted by Gasteiger charge is 2.42. The predicted molar refractivity (Wildman–Crippen MR) is 179 cm³/mol. The van der Waals surface area contributed by atoms with E-state index >= 15 is 0 Å². The van der Waals surface area contributed by atoms with Crippen molar-refractivity contribution >= 4 is 17.8 Å². The van der Waals surface area contributed by atoms with Gasteiger partial charge in [-0.2, -0.15) is 0 Å². The normalized spacial score (nSPS) is 23.3. The average molecular weight is 652 g/mol. The zero-order chi connectivity index (χ0) is 34.0. The molecule has 47 heavy (non-hydrogen) atoms. The van der Waals surface area contributed by atoms with Crippen molar-refractivity contribution in [2.75, 3.05) is 19.6 Å². The van der Waals surface area contributed by atoms with Crippen molar-refractivity contribution in [1.82, 2.24) is 15.5 Å². The summed E-state index contributed by atoms with van der Waals surface area (Å²) in [4.78, 5) is 38.6. The number of esters is 1. The third-order valence-corrected chi connectivity index (χ3v) is 8.78. The van der Waals surface area contributed by atoms with Crippen LogP contribution in [0.15, 0.2) is 48.5 Å². The number of hydrogen-bond donors (Lipinski definition) is 3. The summed E-state index contributed by atoms with van der Waals surface area (Å²) in [6.45, 7) is 11.7. The van der Waals surface area contributed by atoms with Gasteiger partial charge in [-0.25, -0.2) is 0 Å². The SMILES string of the molecule is CC(=O)NCCCCCC(=O)NCc1ccc([C@@H]2O[C@H](CN3CCC[C@H]3C(=O)OC(C)(C)C)[C@H](C)[C@H](c3ccc(CO)cc3)O2)cc1. The van der Waals surface area contributed by atoms with Crippen LogP contribution in [0.2, 0.25) is 0 Å². The molecule has 4 rings (SSSR count). The first kappa shape index (κ1) is 36.5. The van der Waals surface area contributed by atoms with Gasteiger partial charge < -0.3 is 30.0 Å². The summed E-state index contributed by atoms with van der Waals surface area (Å²) in [5, 5.41) is 15.3. The molecule has 2 fully saturated rings. The van der Waals surface area contributed by atoms with E-state index < -0.39 is 11.9 Å². The number of carbonyl (C=O) groups is 3. The second-order valence-electron chi connectivity index (χ2n) is 13.8. The maximum atomic E-state index is 13.1. The molecule has 2 aromatic rings. The summed E-state index contributed by atoms with van der Waals surface area (Å²) < 4.78 is 19.0. The maximum absolute atomic E-state index is 13.1. The highest BCUT2D eigenvalue weighted by Crippen LogP contribution is 2.42. The number of nitrogens with one attached hydrogen (secondary N) is 2. The zero-order valence-electron chi connectivity index (χ0n) is 28.6. The highest BCUT2D eigenvalue weighted by atomic mass is 16.7. The van der Waals surface area contributed by atoms with Gasteiger partial charge in [-0.05, 0) is 69.7 Å². The molecule has 2 aromatic carbocycles. The number of ether oxygens (including phenoxy) is 3. The van der Waals surface area contributed by atoms with Crippen molar-refractivity contribution < 1.29 is 33.7 Å². The van der Waals surface area contributed by atoms with E-state index in [1.807, 2.05) is 69.3 Å². The van der Waals surface area contributed by atoms with Crippen LogP contribution in [0, 0.1) is 5.92 Å². The van der Waals surface area contributed by atoms with Gasteiger partial charge in [0.05, 0.1) is 18.8 Å². The molecule has 2 saturated heterocycles. The van der Waals surface area contributed by atoms with Crippen LogP contribution in [0.1, 0.15) is 108 Å². The molecule has 5 atom stereocenters. The lowest BCUT2D eigenvalue weighted by Crippen LogP contribution is -2.48. The fourth-order valence-corrected chi connectivity index (χ4v) is 6.17. The lowest BCUT2D eigenvalue weighted by atomic mass is 9.90. The first-order valence-corrected chi connectivity index (χ1v) is 17.0. The molecule has 0 aromatic heterocycles. The van der Waals surface area contributed by atoms with Crippen molar-refractivity contribution in [3.63, 3.8) is 0 Å². The quantitative estimate of drug-likeness (QED) is 0.191. The third kappa shape index (κ3) is 11.1. The van der Waals surface area contributed by atoms with Gasteiger partial charge in [-0.1, -0.05) is 61.9 Å². The Hall–Kier alpha value is -3.31. The van der Waals surface area contributed by atoms with Gasteiger partial charge in [0.1, 0.15) is 11.6 Å². The van der Waals surface area contributed by atoms with Crippen LogP contribution < -0.4 is 10.6 Å². The van der Waals surface area contributed by atoms with Crippen LogP contribution in [-0.2, 0) is 41.7 Å². The molecule has 3 N–H and O–H groups in total. The van der Waals surface area contributed by atoms with Gasteiger partial charge in [0.2, 0.25) is 11.8 Å². The molecule has 0 aliphatic carbocycles. The average Bonchev–Trinajstić information content (AvgIpc) is 3.50. The number of aliphatic hydroxyl groups excluding tert-OH is 1. The van der Waals surface area contributed by atoms with E-state index in [2.05, 4.69) is 22.5 Å². The Labute approximate surface area is 279 Å². The number of likely N-dealkylation sites (tertiary alicyclic amines) is 1. The smallest absolute Gasteiger partial charge is 0.323 e. The molecule has 0 saturated carbocycles. The minimum absolute atomic E-state index is 0.00559. The van der Waals surface area contributed by atoms with Crippen molar-refractivity contribution in [3.8, 4) is 0 Å². The Balaban J connectivity index is 1.41. The highest BCUT2D eigenvalue weighted by molar-refractivity contribution is 5.76. The van der Waals surface area contributed by atoms with Gasteiger partial charge in [0.15, 0.2) is 6.29 Å². The molecule has 0 radical (unpaired) electrons. The monoisotopic (exact) mass is 651 g/mol. The van der Waals surface area contributed by atoms with Gasteiger partial charge in [0.25, 0.3) is 0 Å². The van der Waals surface area contributed by atoms with Crippen LogP contribution in [0.5, 0.6) is 0 Å². The van der Waals surface area contributed by atoms with Gasteiger partial charge in [-0.3, -0.25) is 19.3 Å². The topological polar surface area (TPSA) is 126 Å². The first-order valence-electron chi connectivity index (χ1n) is 17.0. The third-order valence-electron chi connectivity index (χ3n) is 8.78.